The third-order valence-corrected chi connectivity index (χ3v) is 2.87. The van der Waals surface area contributed by atoms with Crippen LogP contribution in [0.5, 0.6) is 0 Å². The molecule has 0 heterocycles. The summed E-state index contributed by atoms with van der Waals surface area (Å²) in [5.41, 5.74) is 0. The first-order valence-corrected chi connectivity index (χ1v) is 7.55. The van der Waals surface area contributed by atoms with Crippen molar-refractivity contribution in [3.8, 4) is 0 Å². The van der Waals surface area contributed by atoms with Crippen molar-refractivity contribution >= 4 is 10.0 Å². The van der Waals surface area contributed by atoms with Gasteiger partial charge in [0.2, 0.25) is 0 Å². The summed E-state index contributed by atoms with van der Waals surface area (Å²) in [6, 6.07) is 12.0. The molecule has 18 heavy (non-hydrogen) atoms. The molecule has 1 aliphatic rings. The van der Waals surface area contributed by atoms with Gasteiger partial charge in [0, 0.05) is 15.6 Å². The lowest BCUT2D eigenvalue weighted by Gasteiger charge is -2.05. The second-order valence-electron chi connectivity index (χ2n) is 3.97. The van der Waals surface area contributed by atoms with Crippen molar-refractivity contribution < 1.29 is 10.3 Å². The molecule has 0 aromatic heterocycles. The normalized spacial score (nSPS) is 13.0. The van der Waals surface area contributed by atoms with Gasteiger partial charge in [-0.05, 0) is 0 Å². The van der Waals surface area contributed by atoms with Crippen LogP contribution >= 0.6 is 0 Å². The van der Waals surface area contributed by atoms with Gasteiger partial charge in [0.25, 0.3) is 0 Å². The van der Waals surface area contributed by atoms with Crippen LogP contribution in [0.2, 0.25) is 0 Å². The largest absolute Gasteiger partial charge is 0.402 e. The van der Waals surface area contributed by atoms with E-state index < -0.39 is 10.0 Å². The van der Waals surface area contributed by atoms with Gasteiger partial charge in [-0.25, -0.2) is 0 Å². The summed E-state index contributed by atoms with van der Waals surface area (Å²) >= 11 is 0. The second kappa shape index (κ2) is 18.7. The number of benzene rings is 1. The SMILES string of the molecule is C.C1CCCCC1.CO[SiH2]OC.[HH].c1ccccc1. The van der Waals surface area contributed by atoms with E-state index >= 15 is 0 Å². The van der Waals surface area contributed by atoms with Gasteiger partial charge in [-0.3, -0.25) is 0 Å². The fourth-order valence-corrected chi connectivity index (χ4v) is 1.80. The summed E-state index contributed by atoms with van der Waals surface area (Å²) in [6.45, 7) is 0. The summed E-state index contributed by atoms with van der Waals surface area (Å²) in [6.07, 6.45) is 9.00. The molecule has 1 aromatic carbocycles. The fraction of sp³-hybridized carbons (Fsp3) is 0.600. The Labute approximate surface area is 117 Å². The summed E-state index contributed by atoms with van der Waals surface area (Å²) in [4.78, 5) is 0. The van der Waals surface area contributed by atoms with E-state index in [1.54, 1.807) is 14.2 Å². The highest BCUT2D eigenvalue weighted by Crippen LogP contribution is 2.15. The van der Waals surface area contributed by atoms with E-state index in [2.05, 4.69) is 8.85 Å². The summed E-state index contributed by atoms with van der Waals surface area (Å²) < 4.78 is 9.22. The standard InChI is InChI=1S/C6H12.C6H6.C2H8O2Si.CH4.H2/c2*1-2-4-6-5-3-1;1-3-5-4-2;;/h1-6H2;1-6H;5H2,1-2H3;1H4;1H. The van der Waals surface area contributed by atoms with Crippen molar-refractivity contribution in [2.75, 3.05) is 14.2 Å². The van der Waals surface area contributed by atoms with Crippen LogP contribution < -0.4 is 0 Å². The van der Waals surface area contributed by atoms with Gasteiger partial charge < -0.3 is 8.85 Å². The molecular weight excluding hydrogens is 240 g/mol. The van der Waals surface area contributed by atoms with Crippen LogP contribution in [0.1, 0.15) is 47.4 Å². The van der Waals surface area contributed by atoms with Gasteiger partial charge in [0.05, 0.1) is 0 Å². The van der Waals surface area contributed by atoms with Gasteiger partial charge in [0.15, 0.2) is 0 Å². The highest BCUT2D eigenvalue weighted by Gasteiger charge is 1.95. The lowest BCUT2D eigenvalue weighted by molar-refractivity contribution is 0.309. The van der Waals surface area contributed by atoms with E-state index in [4.69, 9.17) is 0 Å². The van der Waals surface area contributed by atoms with E-state index in [0.29, 0.717) is 0 Å². The molecule has 1 fully saturated rings. The molecule has 0 amide bonds. The van der Waals surface area contributed by atoms with Gasteiger partial charge in [-0.2, -0.15) is 0 Å². The predicted octanol–water partition coefficient (Wildman–Crippen LogP) is 4.19. The molecule has 2 rings (SSSR count). The van der Waals surface area contributed by atoms with E-state index in [-0.39, 0.29) is 8.85 Å². The maximum absolute atomic E-state index is 4.61. The molecule has 0 N–H and O–H groups in total. The summed E-state index contributed by atoms with van der Waals surface area (Å²) in [7, 11) is 2.73. The molecule has 0 unspecified atom stereocenters. The minimum Gasteiger partial charge on any atom is -0.402 e. The molecule has 0 bridgehead atoms. The summed E-state index contributed by atoms with van der Waals surface area (Å²) in [5, 5.41) is 0. The zero-order valence-corrected chi connectivity index (χ0v) is 12.6. The van der Waals surface area contributed by atoms with Crippen LogP contribution in [0.3, 0.4) is 0 Å². The van der Waals surface area contributed by atoms with Crippen LogP contribution in [-0.2, 0) is 8.85 Å². The maximum atomic E-state index is 4.61. The molecule has 2 nitrogen and oxygen atoms in total. The molecule has 0 radical (unpaired) electrons. The fourth-order valence-electron chi connectivity index (χ4n) is 1.56. The molecule has 1 aromatic rings. The molecule has 0 atom stereocenters. The third-order valence-electron chi connectivity index (χ3n) is 2.40. The average molecular weight is 273 g/mol. The van der Waals surface area contributed by atoms with Crippen molar-refractivity contribution in [2.24, 2.45) is 0 Å². The monoisotopic (exact) mass is 272 g/mol. The van der Waals surface area contributed by atoms with Crippen LogP contribution in [0, 0.1) is 0 Å². The Hall–Kier alpha value is -0.643. The van der Waals surface area contributed by atoms with E-state index in [1.165, 1.54) is 38.5 Å². The highest BCUT2D eigenvalue weighted by molar-refractivity contribution is 6.17. The first-order chi connectivity index (χ1) is 8.41. The lowest BCUT2D eigenvalue weighted by atomic mass is 10.0. The predicted molar refractivity (Wildman–Crippen MR) is 85.6 cm³/mol. The van der Waals surface area contributed by atoms with Gasteiger partial charge in [0.1, 0.15) is 0 Å². The van der Waals surface area contributed by atoms with Crippen molar-refractivity contribution in [2.45, 2.75) is 46.0 Å². The molecule has 1 aliphatic carbocycles. The topological polar surface area (TPSA) is 18.5 Å². The Morgan fingerprint density at radius 1 is 0.667 bits per heavy atom. The van der Waals surface area contributed by atoms with Crippen molar-refractivity contribution in [1.29, 1.82) is 0 Å². The zero-order valence-electron chi connectivity index (χ0n) is 11.2. The van der Waals surface area contributed by atoms with Crippen LogP contribution in [0.4, 0.5) is 0 Å². The van der Waals surface area contributed by atoms with E-state index in [0.717, 1.165) is 0 Å². The van der Waals surface area contributed by atoms with Gasteiger partial charge in [-0.15, -0.1) is 0 Å². The molecule has 0 aliphatic heterocycles. The number of hydrogen-bond donors (Lipinski definition) is 0. The smallest absolute Gasteiger partial charge is 0.303 e. The Morgan fingerprint density at radius 3 is 1.00 bits per heavy atom. The molecular formula is C15H32O2Si. The first-order valence-electron chi connectivity index (χ1n) is 6.39. The Balaban J connectivity index is -0.000000193. The molecule has 1 saturated carbocycles. The summed E-state index contributed by atoms with van der Waals surface area (Å²) in [5.74, 6) is 0. The zero-order chi connectivity index (χ0) is 12.6. The Bertz CT molecular complexity index is 178. The molecule has 108 valence electrons. The Kier molecular flexibility index (Phi) is 20.5. The lowest BCUT2D eigenvalue weighted by Crippen LogP contribution is -1.93. The molecule has 0 spiro atoms. The van der Waals surface area contributed by atoms with Crippen molar-refractivity contribution in [1.82, 2.24) is 0 Å². The quantitative estimate of drug-likeness (QED) is 0.752. The Morgan fingerprint density at radius 2 is 0.889 bits per heavy atom. The minimum absolute atomic E-state index is 0. The molecule has 0 saturated heterocycles. The van der Waals surface area contributed by atoms with Gasteiger partial charge in [-0.1, -0.05) is 82.3 Å². The first kappa shape index (κ1) is 19.7. The third kappa shape index (κ3) is 17.7. The van der Waals surface area contributed by atoms with E-state index in [9.17, 15) is 0 Å². The van der Waals surface area contributed by atoms with Gasteiger partial charge >= 0.3 is 10.0 Å². The minimum atomic E-state index is -0.568. The maximum Gasteiger partial charge on any atom is 0.303 e. The average Bonchev–Trinajstić information content (AvgIpc) is 2.45. The number of rotatable bonds is 2. The van der Waals surface area contributed by atoms with Crippen molar-refractivity contribution in [3.63, 3.8) is 0 Å². The number of hydrogen-bond acceptors (Lipinski definition) is 2. The van der Waals surface area contributed by atoms with Crippen LogP contribution in [0.25, 0.3) is 0 Å². The van der Waals surface area contributed by atoms with Crippen LogP contribution in [0.15, 0.2) is 36.4 Å². The highest BCUT2D eigenvalue weighted by atomic mass is 28.3. The second-order valence-corrected chi connectivity index (χ2v) is 5.36. The van der Waals surface area contributed by atoms with Crippen LogP contribution in [-0.4, -0.2) is 24.2 Å². The van der Waals surface area contributed by atoms with Crippen molar-refractivity contribution in [3.05, 3.63) is 36.4 Å². The van der Waals surface area contributed by atoms with E-state index in [1.807, 2.05) is 36.4 Å². The molecule has 3 heteroatoms.